The van der Waals surface area contributed by atoms with Gasteiger partial charge in [0.1, 0.15) is 0 Å². The summed E-state index contributed by atoms with van der Waals surface area (Å²) >= 11 is 0. The molecule has 0 radical (unpaired) electrons. The highest BCUT2D eigenvalue weighted by Gasteiger charge is 2.19. The fraction of sp³-hybridized carbons (Fsp3) is 0.556. The van der Waals surface area contributed by atoms with Crippen molar-refractivity contribution in [1.29, 1.82) is 0 Å². The molecule has 0 fully saturated rings. The minimum absolute atomic E-state index is 0.0242. The smallest absolute Gasteiger partial charge is 0.340 e. The summed E-state index contributed by atoms with van der Waals surface area (Å²) in [5, 5.41) is 7.32. The number of hydrogen-bond acceptors (Lipinski definition) is 4. The minimum Gasteiger partial charge on any atom is -0.340 e. The van der Waals surface area contributed by atoms with Crippen molar-refractivity contribution in [1.82, 2.24) is 25.1 Å². The van der Waals surface area contributed by atoms with Gasteiger partial charge in [-0.2, -0.15) is 10.1 Å². The molecule has 7 nitrogen and oxygen atoms in total. The average molecular weight is 345 g/mol. The predicted molar refractivity (Wildman–Crippen MR) is 96.4 cm³/mol. The van der Waals surface area contributed by atoms with E-state index in [1.165, 1.54) is 0 Å². The number of amides is 1. The van der Waals surface area contributed by atoms with Crippen LogP contribution in [-0.4, -0.2) is 38.0 Å². The Morgan fingerprint density at radius 2 is 1.96 bits per heavy atom. The molecular formula is C18H27N5O2. The topological polar surface area (TPSA) is 94.7 Å². The molecule has 0 atom stereocenters. The third-order valence-electron chi connectivity index (χ3n) is 4.27. The van der Waals surface area contributed by atoms with Gasteiger partial charge < -0.3 is 9.88 Å². The monoisotopic (exact) mass is 345 g/mol. The predicted octanol–water partition coefficient (Wildman–Crippen LogP) is 2.00. The minimum atomic E-state index is -0.351. The lowest BCUT2D eigenvalue weighted by Gasteiger charge is -2.17. The van der Waals surface area contributed by atoms with Crippen molar-refractivity contribution in [3.8, 4) is 0 Å². The van der Waals surface area contributed by atoms with Crippen molar-refractivity contribution in [2.24, 2.45) is 0 Å². The van der Waals surface area contributed by atoms with Crippen molar-refractivity contribution in [2.45, 2.75) is 59.4 Å². The van der Waals surface area contributed by atoms with Crippen molar-refractivity contribution >= 4 is 5.91 Å². The van der Waals surface area contributed by atoms with Crippen LogP contribution in [0.25, 0.3) is 0 Å². The molecule has 0 aromatic carbocycles. The van der Waals surface area contributed by atoms with E-state index in [2.05, 4.69) is 40.9 Å². The van der Waals surface area contributed by atoms with Crippen LogP contribution in [-0.2, 0) is 23.2 Å². The van der Waals surface area contributed by atoms with Crippen molar-refractivity contribution in [2.75, 3.05) is 7.05 Å². The van der Waals surface area contributed by atoms with E-state index in [1.54, 1.807) is 18.9 Å². The molecule has 0 bridgehead atoms. The number of nitrogens with one attached hydrogen (secondary N) is 2. The maximum absolute atomic E-state index is 12.4. The molecule has 0 saturated heterocycles. The Morgan fingerprint density at radius 1 is 1.28 bits per heavy atom. The standard InChI is InChI=1S/C18H27N5O2/c1-11-14(12(2)20-17(25)19-11)7-8-16(24)23(6)10-13-9-15(22-21-13)18(3,4)5/h9H,7-8,10H2,1-6H3,(H,21,22)(H,19,20,25). The molecule has 0 unspecified atom stereocenters. The first-order valence-electron chi connectivity index (χ1n) is 8.43. The van der Waals surface area contributed by atoms with Gasteiger partial charge >= 0.3 is 5.69 Å². The lowest BCUT2D eigenvalue weighted by molar-refractivity contribution is -0.130. The van der Waals surface area contributed by atoms with E-state index in [9.17, 15) is 9.59 Å². The first-order chi connectivity index (χ1) is 11.6. The molecule has 0 aliphatic heterocycles. The Balaban J connectivity index is 1.97. The first-order valence-corrected chi connectivity index (χ1v) is 8.43. The molecule has 0 saturated carbocycles. The number of rotatable bonds is 5. The maximum Gasteiger partial charge on any atom is 0.345 e. The van der Waals surface area contributed by atoms with Crippen LogP contribution in [0.4, 0.5) is 0 Å². The molecule has 2 N–H and O–H groups in total. The van der Waals surface area contributed by atoms with Gasteiger partial charge in [0, 0.05) is 30.3 Å². The van der Waals surface area contributed by atoms with E-state index in [-0.39, 0.29) is 17.0 Å². The van der Waals surface area contributed by atoms with Crippen LogP contribution >= 0.6 is 0 Å². The second kappa shape index (κ2) is 7.21. The lowest BCUT2D eigenvalue weighted by Crippen LogP contribution is -2.27. The number of carbonyl (C=O) groups excluding carboxylic acids is 1. The number of aromatic nitrogens is 4. The summed E-state index contributed by atoms with van der Waals surface area (Å²) in [6, 6.07) is 2.00. The molecule has 25 heavy (non-hydrogen) atoms. The third-order valence-corrected chi connectivity index (χ3v) is 4.27. The summed E-state index contributed by atoms with van der Waals surface area (Å²) in [5.41, 5.74) is 3.90. The fourth-order valence-corrected chi connectivity index (χ4v) is 2.72. The molecule has 7 heteroatoms. The zero-order valence-electron chi connectivity index (χ0n) is 15.9. The lowest BCUT2D eigenvalue weighted by atomic mass is 9.92. The van der Waals surface area contributed by atoms with Crippen LogP contribution in [0.2, 0.25) is 0 Å². The molecule has 136 valence electrons. The van der Waals surface area contributed by atoms with E-state index in [4.69, 9.17) is 0 Å². The van der Waals surface area contributed by atoms with Crippen molar-refractivity contribution in [3.63, 3.8) is 0 Å². The number of aryl methyl sites for hydroxylation is 2. The Bertz CT molecular complexity index is 787. The van der Waals surface area contributed by atoms with Gasteiger partial charge in [-0.3, -0.25) is 9.89 Å². The molecule has 2 aromatic heterocycles. The molecule has 2 rings (SSSR count). The summed E-state index contributed by atoms with van der Waals surface area (Å²) in [7, 11) is 1.78. The zero-order valence-corrected chi connectivity index (χ0v) is 15.9. The Morgan fingerprint density at radius 3 is 2.52 bits per heavy atom. The molecule has 2 aromatic rings. The molecule has 0 aliphatic rings. The third kappa shape index (κ3) is 4.78. The maximum atomic E-state index is 12.4. The van der Waals surface area contributed by atoms with Crippen LogP contribution < -0.4 is 5.69 Å². The van der Waals surface area contributed by atoms with Gasteiger partial charge in [0.25, 0.3) is 0 Å². The number of nitrogens with zero attached hydrogens (tertiary/aromatic N) is 3. The first kappa shape index (κ1) is 18.9. The normalized spacial score (nSPS) is 11.6. The molecule has 0 spiro atoms. The summed E-state index contributed by atoms with van der Waals surface area (Å²) in [4.78, 5) is 32.0. The van der Waals surface area contributed by atoms with Crippen LogP contribution in [0, 0.1) is 13.8 Å². The largest absolute Gasteiger partial charge is 0.345 e. The summed E-state index contributed by atoms with van der Waals surface area (Å²) in [5.74, 6) is 0.0388. The van der Waals surface area contributed by atoms with Gasteiger partial charge in [0.2, 0.25) is 5.91 Å². The highest BCUT2D eigenvalue weighted by molar-refractivity contribution is 5.76. The quantitative estimate of drug-likeness (QED) is 0.866. The second-order valence-electron chi connectivity index (χ2n) is 7.51. The van der Waals surface area contributed by atoms with Crippen LogP contribution in [0.15, 0.2) is 10.9 Å². The highest BCUT2D eigenvalue weighted by atomic mass is 16.2. The number of aromatic amines is 2. The molecule has 1 amide bonds. The van der Waals surface area contributed by atoms with Crippen molar-refractivity contribution in [3.05, 3.63) is 44.9 Å². The number of hydrogen-bond donors (Lipinski definition) is 2. The van der Waals surface area contributed by atoms with Crippen LogP contribution in [0.5, 0.6) is 0 Å². The summed E-state index contributed by atoms with van der Waals surface area (Å²) in [6.45, 7) is 10.4. The molecule has 2 heterocycles. The van der Waals surface area contributed by atoms with Gasteiger partial charge in [-0.25, -0.2) is 4.79 Å². The van der Waals surface area contributed by atoms with E-state index in [0.717, 1.165) is 22.6 Å². The van der Waals surface area contributed by atoms with Crippen LogP contribution in [0.1, 0.15) is 55.5 Å². The van der Waals surface area contributed by atoms with E-state index in [1.807, 2.05) is 13.0 Å². The van der Waals surface area contributed by atoms with Crippen LogP contribution in [0.3, 0.4) is 0 Å². The van der Waals surface area contributed by atoms with Gasteiger partial charge in [0.15, 0.2) is 0 Å². The second-order valence-corrected chi connectivity index (χ2v) is 7.51. The Kier molecular flexibility index (Phi) is 5.45. The zero-order chi connectivity index (χ0) is 18.8. The van der Waals surface area contributed by atoms with Gasteiger partial charge in [-0.15, -0.1) is 0 Å². The van der Waals surface area contributed by atoms with Gasteiger partial charge in [-0.05, 0) is 31.9 Å². The van der Waals surface area contributed by atoms with Gasteiger partial charge in [0.05, 0.1) is 17.9 Å². The fourth-order valence-electron chi connectivity index (χ4n) is 2.72. The number of H-pyrrole nitrogens is 2. The summed E-state index contributed by atoms with van der Waals surface area (Å²) in [6.07, 6.45) is 0.924. The average Bonchev–Trinajstić information content (AvgIpc) is 2.94. The van der Waals surface area contributed by atoms with Crippen molar-refractivity contribution < 1.29 is 4.79 Å². The van der Waals surface area contributed by atoms with E-state index in [0.29, 0.717) is 25.1 Å². The number of carbonyl (C=O) groups is 1. The summed E-state index contributed by atoms with van der Waals surface area (Å²) < 4.78 is 0. The molecule has 0 aliphatic carbocycles. The highest BCUT2D eigenvalue weighted by Crippen LogP contribution is 2.20. The van der Waals surface area contributed by atoms with Gasteiger partial charge in [-0.1, -0.05) is 20.8 Å². The molecular weight excluding hydrogens is 318 g/mol. The van der Waals surface area contributed by atoms with E-state index < -0.39 is 0 Å². The SMILES string of the molecule is Cc1nc(=O)[nH]c(C)c1CCC(=O)N(C)Cc1cc(C(C)(C)C)n[nH]1. The Labute approximate surface area is 147 Å². The van der Waals surface area contributed by atoms with E-state index >= 15 is 0 Å². The Hall–Kier alpha value is -2.44.